The largest absolute Gasteiger partial charge is 0.379 e. The van der Waals surface area contributed by atoms with Crippen molar-refractivity contribution in [2.75, 3.05) is 31.6 Å². The molecule has 1 amide bonds. The molecule has 1 saturated heterocycles. The molecule has 4 N–H and O–H groups in total. The lowest BCUT2D eigenvalue weighted by Gasteiger charge is -2.26. The second-order valence-corrected chi connectivity index (χ2v) is 7.34. The van der Waals surface area contributed by atoms with E-state index in [2.05, 4.69) is 47.5 Å². The Balaban J connectivity index is 1.39. The van der Waals surface area contributed by atoms with Crippen LogP contribution in [0.3, 0.4) is 0 Å². The summed E-state index contributed by atoms with van der Waals surface area (Å²) < 4.78 is 5.41. The van der Waals surface area contributed by atoms with Crippen molar-refractivity contribution in [3.05, 3.63) is 64.2 Å². The molecule has 1 aliphatic heterocycles. The Hall–Kier alpha value is -3.76. The number of benzene rings is 1. The van der Waals surface area contributed by atoms with E-state index in [9.17, 15) is 9.59 Å². The van der Waals surface area contributed by atoms with Gasteiger partial charge in [-0.05, 0) is 29.8 Å². The number of amides is 1. The van der Waals surface area contributed by atoms with Crippen LogP contribution in [0.5, 0.6) is 0 Å². The van der Waals surface area contributed by atoms with Crippen molar-refractivity contribution in [3.8, 4) is 11.5 Å². The molecule has 158 valence electrons. The average Bonchev–Trinajstić information content (AvgIpc) is 3.41. The van der Waals surface area contributed by atoms with Gasteiger partial charge in [0.25, 0.3) is 11.5 Å². The molecule has 0 bridgehead atoms. The minimum absolute atomic E-state index is 0.0204. The summed E-state index contributed by atoms with van der Waals surface area (Å²) in [6.45, 7) is 4.21. The highest BCUT2D eigenvalue weighted by Crippen LogP contribution is 2.26. The number of rotatable bonds is 5. The first-order valence-electron chi connectivity index (χ1n) is 9.99. The van der Waals surface area contributed by atoms with Crippen molar-refractivity contribution >= 4 is 22.6 Å². The smallest absolute Gasteiger partial charge is 0.261 e. The Morgan fingerprint density at radius 3 is 2.94 bits per heavy atom. The third kappa shape index (κ3) is 3.98. The van der Waals surface area contributed by atoms with Crippen LogP contribution in [0.25, 0.3) is 22.6 Å². The number of anilines is 1. The van der Waals surface area contributed by atoms with Crippen LogP contribution in [0.2, 0.25) is 0 Å². The maximum absolute atomic E-state index is 12.5. The Kier molecular flexibility index (Phi) is 5.06. The number of nitrogens with one attached hydrogen (secondary N) is 4. The summed E-state index contributed by atoms with van der Waals surface area (Å²) in [6.07, 6.45) is 3.03. The lowest BCUT2D eigenvalue weighted by atomic mass is 10.2. The van der Waals surface area contributed by atoms with Crippen LogP contribution in [-0.4, -0.2) is 62.3 Å². The minimum atomic E-state index is -0.520. The first kappa shape index (κ1) is 19.2. The second-order valence-electron chi connectivity index (χ2n) is 7.34. The van der Waals surface area contributed by atoms with E-state index in [1.807, 2.05) is 6.07 Å². The highest BCUT2D eigenvalue weighted by atomic mass is 16.5. The summed E-state index contributed by atoms with van der Waals surface area (Å²) in [4.78, 5) is 37.1. The van der Waals surface area contributed by atoms with Gasteiger partial charge in [0.1, 0.15) is 5.56 Å². The molecule has 31 heavy (non-hydrogen) atoms. The zero-order valence-electron chi connectivity index (χ0n) is 16.6. The van der Waals surface area contributed by atoms with Gasteiger partial charge in [-0.1, -0.05) is 6.07 Å². The van der Waals surface area contributed by atoms with Crippen molar-refractivity contribution < 1.29 is 9.53 Å². The van der Waals surface area contributed by atoms with E-state index < -0.39 is 11.5 Å². The van der Waals surface area contributed by atoms with Crippen molar-refractivity contribution in [2.45, 2.75) is 6.54 Å². The molecule has 5 rings (SSSR count). The standard InChI is InChI=1S/C21H21N7O3/c29-20-14(2-1-5-22-20)21(30)26-17-11-23-27-18(17)19-24-15-4-3-13(10-16(15)25-19)12-28-6-8-31-9-7-28/h1-5,10-11H,6-9,12H2,(H,22,29)(H,23,27)(H,24,25)(H,26,30). The molecular formula is C21H21N7O3. The molecule has 0 radical (unpaired) electrons. The van der Waals surface area contributed by atoms with Crippen molar-refractivity contribution in [1.29, 1.82) is 0 Å². The van der Waals surface area contributed by atoms with Gasteiger partial charge < -0.3 is 20.0 Å². The fourth-order valence-corrected chi connectivity index (χ4v) is 3.64. The van der Waals surface area contributed by atoms with E-state index in [-0.39, 0.29) is 5.56 Å². The van der Waals surface area contributed by atoms with Crippen LogP contribution in [0, 0.1) is 0 Å². The number of morpholine rings is 1. The molecule has 0 aliphatic carbocycles. The van der Waals surface area contributed by atoms with E-state index >= 15 is 0 Å². The van der Waals surface area contributed by atoms with E-state index in [0.29, 0.717) is 17.2 Å². The number of nitrogens with zero attached hydrogens (tertiary/aromatic N) is 3. The number of hydrogen-bond donors (Lipinski definition) is 4. The quantitative estimate of drug-likeness (QED) is 0.390. The van der Waals surface area contributed by atoms with Gasteiger partial charge in [0.2, 0.25) is 0 Å². The number of carbonyl (C=O) groups is 1. The van der Waals surface area contributed by atoms with Gasteiger partial charge in [0.05, 0.1) is 29.9 Å². The van der Waals surface area contributed by atoms with Crippen LogP contribution in [0.1, 0.15) is 15.9 Å². The summed E-state index contributed by atoms with van der Waals surface area (Å²) in [6, 6.07) is 9.19. The van der Waals surface area contributed by atoms with Crippen molar-refractivity contribution in [2.24, 2.45) is 0 Å². The second kappa shape index (κ2) is 8.17. The summed E-state index contributed by atoms with van der Waals surface area (Å²) >= 11 is 0. The molecule has 0 unspecified atom stereocenters. The molecule has 10 nitrogen and oxygen atoms in total. The summed E-state index contributed by atoms with van der Waals surface area (Å²) in [7, 11) is 0. The lowest BCUT2D eigenvalue weighted by molar-refractivity contribution is 0.0342. The van der Waals surface area contributed by atoms with E-state index in [1.165, 1.54) is 17.8 Å². The molecule has 0 saturated carbocycles. The fourth-order valence-electron chi connectivity index (χ4n) is 3.64. The van der Waals surface area contributed by atoms with Gasteiger partial charge in [-0.25, -0.2) is 4.98 Å². The monoisotopic (exact) mass is 419 g/mol. The number of imidazole rings is 1. The Labute approximate surface area is 176 Å². The number of ether oxygens (including phenoxy) is 1. The summed E-state index contributed by atoms with van der Waals surface area (Å²) in [5, 5.41) is 9.70. The zero-order valence-corrected chi connectivity index (χ0v) is 16.6. The van der Waals surface area contributed by atoms with Gasteiger partial charge >= 0.3 is 0 Å². The number of aromatic amines is 3. The predicted molar refractivity (Wildman–Crippen MR) is 115 cm³/mol. The minimum Gasteiger partial charge on any atom is -0.379 e. The molecule has 10 heteroatoms. The topological polar surface area (TPSA) is 132 Å². The molecule has 0 atom stereocenters. The number of H-pyrrole nitrogens is 3. The Bertz CT molecular complexity index is 1280. The number of fused-ring (bicyclic) bond motifs is 1. The fraction of sp³-hybridized carbons (Fsp3) is 0.238. The van der Waals surface area contributed by atoms with Gasteiger partial charge in [0, 0.05) is 32.0 Å². The highest BCUT2D eigenvalue weighted by Gasteiger charge is 2.18. The zero-order chi connectivity index (χ0) is 21.2. The summed E-state index contributed by atoms with van der Waals surface area (Å²) in [5.74, 6) is 0.00505. The van der Waals surface area contributed by atoms with Gasteiger partial charge in [0.15, 0.2) is 11.5 Å². The predicted octanol–water partition coefficient (Wildman–Crippen LogP) is 1.73. The molecule has 4 heterocycles. The molecule has 1 aliphatic rings. The van der Waals surface area contributed by atoms with Crippen molar-refractivity contribution in [3.63, 3.8) is 0 Å². The number of carbonyl (C=O) groups excluding carboxylic acids is 1. The van der Waals surface area contributed by atoms with E-state index in [4.69, 9.17) is 4.74 Å². The molecule has 4 aromatic rings. The molecular weight excluding hydrogens is 398 g/mol. The van der Waals surface area contributed by atoms with Crippen LogP contribution in [0.15, 0.2) is 47.5 Å². The number of pyridine rings is 1. The van der Waals surface area contributed by atoms with Crippen LogP contribution >= 0.6 is 0 Å². The van der Waals surface area contributed by atoms with Crippen LogP contribution in [-0.2, 0) is 11.3 Å². The van der Waals surface area contributed by atoms with E-state index in [0.717, 1.165) is 43.9 Å². The Morgan fingerprint density at radius 2 is 2.10 bits per heavy atom. The first-order chi connectivity index (χ1) is 15.2. The van der Waals surface area contributed by atoms with Crippen LogP contribution in [0.4, 0.5) is 5.69 Å². The average molecular weight is 419 g/mol. The highest BCUT2D eigenvalue weighted by molar-refractivity contribution is 6.05. The molecule has 1 aromatic carbocycles. The molecule has 0 spiro atoms. The third-order valence-corrected chi connectivity index (χ3v) is 5.23. The summed E-state index contributed by atoms with van der Waals surface area (Å²) in [5.41, 5.74) is 3.33. The van der Waals surface area contributed by atoms with Crippen LogP contribution < -0.4 is 10.9 Å². The van der Waals surface area contributed by atoms with Gasteiger partial charge in [-0.2, -0.15) is 5.10 Å². The molecule has 3 aromatic heterocycles. The van der Waals surface area contributed by atoms with Gasteiger partial charge in [-0.15, -0.1) is 0 Å². The van der Waals surface area contributed by atoms with Gasteiger partial charge in [-0.3, -0.25) is 19.6 Å². The molecule has 1 fully saturated rings. The lowest BCUT2D eigenvalue weighted by Crippen LogP contribution is -2.35. The normalized spacial score (nSPS) is 14.7. The SMILES string of the molecule is O=C(Nc1c[nH]nc1-c1nc2cc(CN3CCOCC3)ccc2[nH]1)c1ccc[nH]c1=O. The number of aromatic nitrogens is 5. The maximum atomic E-state index is 12.5. The first-order valence-corrected chi connectivity index (χ1v) is 9.99. The number of hydrogen-bond acceptors (Lipinski definition) is 6. The third-order valence-electron chi connectivity index (χ3n) is 5.23. The van der Waals surface area contributed by atoms with Crippen molar-refractivity contribution in [1.82, 2.24) is 30.0 Å². The Morgan fingerprint density at radius 1 is 1.23 bits per heavy atom. The maximum Gasteiger partial charge on any atom is 0.261 e. The van der Waals surface area contributed by atoms with E-state index in [1.54, 1.807) is 12.3 Å².